The molecule has 0 bridgehead atoms. The molecule has 3 rings (SSSR count). The molecular formula is C11H12N2O4S2. The SMILES string of the molecule is O=S(=O)(ON1CCOCC1)c1nc2ccccc2s1. The summed E-state index contributed by atoms with van der Waals surface area (Å²) in [6.45, 7) is 1.80. The number of thiazole rings is 1. The molecule has 0 saturated carbocycles. The van der Waals surface area contributed by atoms with Crippen LogP contribution in [-0.2, 0) is 19.1 Å². The molecule has 1 aromatic heterocycles. The summed E-state index contributed by atoms with van der Waals surface area (Å²) >= 11 is 1.11. The van der Waals surface area contributed by atoms with Crippen LogP contribution in [0, 0.1) is 0 Å². The van der Waals surface area contributed by atoms with E-state index in [-0.39, 0.29) is 4.34 Å². The van der Waals surface area contributed by atoms with Gasteiger partial charge in [0.2, 0.25) is 4.34 Å². The second-order valence-corrected chi connectivity index (χ2v) is 6.75. The van der Waals surface area contributed by atoms with Crippen LogP contribution in [0.15, 0.2) is 28.6 Å². The zero-order valence-corrected chi connectivity index (χ0v) is 11.6. The van der Waals surface area contributed by atoms with Crippen LogP contribution < -0.4 is 0 Å². The van der Waals surface area contributed by atoms with Gasteiger partial charge < -0.3 is 4.74 Å². The Kier molecular flexibility index (Phi) is 3.50. The van der Waals surface area contributed by atoms with Crippen molar-refractivity contribution in [1.29, 1.82) is 0 Å². The number of rotatable bonds is 3. The van der Waals surface area contributed by atoms with Gasteiger partial charge in [-0.25, -0.2) is 4.98 Å². The van der Waals surface area contributed by atoms with Gasteiger partial charge in [-0.2, -0.15) is 17.8 Å². The highest BCUT2D eigenvalue weighted by molar-refractivity contribution is 7.89. The predicted molar refractivity (Wildman–Crippen MR) is 70.3 cm³/mol. The van der Waals surface area contributed by atoms with E-state index < -0.39 is 10.1 Å². The van der Waals surface area contributed by atoms with Crippen molar-refractivity contribution in [2.24, 2.45) is 0 Å². The molecule has 1 aromatic carbocycles. The standard InChI is InChI=1S/C11H12N2O4S2/c14-19(15,17-13-5-7-16-8-6-13)11-12-9-3-1-2-4-10(9)18-11/h1-4H,5-8H2. The summed E-state index contributed by atoms with van der Waals surface area (Å²) in [5, 5.41) is 1.39. The van der Waals surface area contributed by atoms with Crippen molar-refractivity contribution in [2.75, 3.05) is 26.3 Å². The van der Waals surface area contributed by atoms with Crippen LogP contribution in [0.4, 0.5) is 0 Å². The largest absolute Gasteiger partial charge is 0.379 e. The molecular weight excluding hydrogens is 288 g/mol. The van der Waals surface area contributed by atoms with Crippen LogP contribution in [0.3, 0.4) is 0 Å². The van der Waals surface area contributed by atoms with E-state index in [0.717, 1.165) is 16.0 Å². The quantitative estimate of drug-likeness (QED) is 0.850. The smallest absolute Gasteiger partial charge is 0.340 e. The minimum absolute atomic E-state index is 0.0137. The number of benzene rings is 1. The van der Waals surface area contributed by atoms with Crippen LogP contribution >= 0.6 is 11.3 Å². The van der Waals surface area contributed by atoms with Crippen LogP contribution in [0.25, 0.3) is 10.2 Å². The summed E-state index contributed by atoms with van der Waals surface area (Å²) in [5.41, 5.74) is 0.664. The molecule has 1 fully saturated rings. The Balaban J connectivity index is 1.86. The third-order valence-corrected chi connectivity index (χ3v) is 5.28. The van der Waals surface area contributed by atoms with Crippen LogP contribution in [0.1, 0.15) is 0 Å². The second kappa shape index (κ2) is 5.14. The first kappa shape index (κ1) is 12.9. The number of aromatic nitrogens is 1. The fourth-order valence-electron chi connectivity index (χ4n) is 1.75. The molecule has 0 amide bonds. The van der Waals surface area contributed by atoms with E-state index in [2.05, 4.69) is 4.98 Å². The first-order chi connectivity index (χ1) is 9.15. The molecule has 0 spiro atoms. The predicted octanol–water partition coefficient (Wildman–Crippen LogP) is 1.25. The topological polar surface area (TPSA) is 68.7 Å². The molecule has 8 heteroatoms. The number of hydroxylamine groups is 2. The highest BCUT2D eigenvalue weighted by atomic mass is 32.3. The van der Waals surface area contributed by atoms with Crippen molar-refractivity contribution in [3.8, 4) is 0 Å². The van der Waals surface area contributed by atoms with Crippen LogP contribution in [0.5, 0.6) is 0 Å². The number of ether oxygens (including phenoxy) is 1. The lowest BCUT2D eigenvalue weighted by molar-refractivity contribution is -0.113. The molecule has 2 aromatic rings. The lowest BCUT2D eigenvalue weighted by Crippen LogP contribution is -2.37. The molecule has 1 aliphatic rings. The number of hydrogen-bond donors (Lipinski definition) is 0. The van der Waals surface area contributed by atoms with Crippen LogP contribution in [-0.4, -0.2) is 44.8 Å². The molecule has 19 heavy (non-hydrogen) atoms. The number of para-hydroxylation sites is 1. The average Bonchev–Trinajstić information content (AvgIpc) is 2.84. The maximum atomic E-state index is 12.1. The van der Waals surface area contributed by atoms with E-state index in [4.69, 9.17) is 9.02 Å². The molecule has 0 unspecified atom stereocenters. The summed E-state index contributed by atoms with van der Waals surface area (Å²) in [7, 11) is -3.84. The average molecular weight is 300 g/mol. The first-order valence-corrected chi connectivity index (χ1v) is 8.00. The zero-order chi connectivity index (χ0) is 13.3. The minimum atomic E-state index is -3.84. The Morgan fingerprint density at radius 1 is 1.26 bits per heavy atom. The van der Waals surface area contributed by atoms with Crippen molar-refractivity contribution in [3.63, 3.8) is 0 Å². The first-order valence-electron chi connectivity index (χ1n) is 5.78. The van der Waals surface area contributed by atoms with E-state index in [0.29, 0.717) is 31.8 Å². The van der Waals surface area contributed by atoms with Crippen molar-refractivity contribution >= 4 is 31.7 Å². The zero-order valence-electron chi connectivity index (χ0n) is 9.98. The normalized spacial score (nSPS) is 17.9. The Morgan fingerprint density at radius 2 is 2.00 bits per heavy atom. The van der Waals surface area contributed by atoms with Crippen molar-refractivity contribution < 1.29 is 17.4 Å². The maximum absolute atomic E-state index is 12.1. The summed E-state index contributed by atoms with van der Waals surface area (Å²) in [6, 6.07) is 7.28. The summed E-state index contributed by atoms with van der Waals surface area (Å²) < 4.78 is 35.2. The molecule has 0 aliphatic carbocycles. The van der Waals surface area contributed by atoms with Crippen molar-refractivity contribution in [3.05, 3.63) is 24.3 Å². The Bertz CT molecular complexity index is 644. The molecule has 0 N–H and O–H groups in total. The molecule has 1 saturated heterocycles. The number of hydrogen-bond acceptors (Lipinski definition) is 7. The molecule has 2 heterocycles. The minimum Gasteiger partial charge on any atom is -0.379 e. The molecule has 0 atom stereocenters. The third kappa shape index (κ3) is 2.77. The number of fused-ring (bicyclic) bond motifs is 1. The van der Waals surface area contributed by atoms with Gasteiger partial charge in [-0.3, -0.25) is 0 Å². The lowest BCUT2D eigenvalue weighted by atomic mass is 10.3. The lowest BCUT2D eigenvalue weighted by Gasteiger charge is -2.24. The molecule has 6 nitrogen and oxygen atoms in total. The summed E-state index contributed by atoms with van der Waals surface area (Å²) in [5.74, 6) is 0. The highest BCUT2D eigenvalue weighted by Crippen LogP contribution is 2.26. The highest BCUT2D eigenvalue weighted by Gasteiger charge is 2.25. The van der Waals surface area contributed by atoms with Crippen molar-refractivity contribution in [2.45, 2.75) is 4.34 Å². The number of morpholine rings is 1. The van der Waals surface area contributed by atoms with Crippen molar-refractivity contribution in [1.82, 2.24) is 10.0 Å². The van der Waals surface area contributed by atoms with E-state index in [1.54, 1.807) is 6.07 Å². The van der Waals surface area contributed by atoms with E-state index in [1.165, 1.54) is 5.06 Å². The Hall–Kier alpha value is -1.06. The fourth-order valence-corrected chi connectivity index (χ4v) is 3.92. The Labute approximate surface area is 114 Å². The molecule has 1 aliphatic heterocycles. The Morgan fingerprint density at radius 3 is 2.74 bits per heavy atom. The third-order valence-electron chi connectivity index (χ3n) is 2.66. The fraction of sp³-hybridized carbons (Fsp3) is 0.364. The summed E-state index contributed by atoms with van der Waals surface area (Å²) in [4.78, 5) is 4.10. The van der Waals surface area contributed by atoms with Gasteiger partial charge in [0.05, 0.1) is 23.4 Å². The summed E-state index contributed by atoms with van der Waals surface area (Å²) in [6.07, 6.45) is 0. The number of nitrogens with zero attached hydrogens (tertiary/aromatic N) is 2. The van der Waals surface area contributed by atoms with E-state index in [1.807, 2.05) is 18.2 Å². The van der Waals surface area contributed by atoms with Gasteiger partial charge in [-0.1, -0.05) is 12.1 Å². The molecule has 0 radical (unpaired) electrons. The van der Waals surface area contributed by atoms with Gasteiger partial charge in [-0.05, 0) is 12.1 Å². The van der Waals surface area contributed by atoms with E-state index >= 15 is 0 Å². The maximum Gasteiger partial charge on any atom is 0.340 e. The second-order valence-electron chi connectivity index (χ2n) is 4.02. The van der Waals surface area contributed by atoms with Gasteiger partial charge >= 0.3 is 10.1 Å². The van der Waals surface area contributed by atoms with Gasteiger partial charge in [0.1, 0.15) is 0 Å². The van der Waals surface area contributed by atoms with Crippen LogP contribution in [0.2, 0.25) is 0 Å². The van der Waals surface area contributed by atoms with Gasteiger partial charge in [0.25, 0.3) is 0 Å². The van der Waals surface area contributed by atoms with Gasteiger partial charge in [-0.15, -0.1) is 11.3 Å². The monoisotopic (exact) mass is 300 g/mol. The van der Waals surface area contributed by atoms with E-state index in [9.17, 15) is 8.42 Å². The van der Waals surface area contributed by atoms with Gasteiger partial charge in [0.15, 0.2) is 0 Å². The molecule has 102 valence electrons. The van der Waals surface area contributed by atoms with Gasteiger partial charge in [0, 0.05) is 13.1 Å².